The minimum Gasteiger partial charge on any atom is -0.504 e. The lowest BCUT2D eigenvalue weighted by atomic mass is 9.83. The summed E-state index contributed by atoms with van der Waals surface area (Å²) in [5.74, 6) is 0.727. The Morgan fingerprint density at radius 1 is 1.32 bits per heavy atom. The second-order valence-corrected chi connectivity index (χ2v) is 6.18. The SMILES string of the molecule is COC1=CCC2=C(CCNC2Cc2cc(O)c(O)cc2Cl)C1. The van der Waals surface area contributed by atoms with Crippen molar-refractivity contribution in [3.63, 3.8) is 0 Å². The molecule has 1 aromatic rings. The van der Waals surface area contributed by atoms with Crippen LogP contribution in [0.1, 0.15) is 24.8 Å². The molecule has 118 valence electrons. The zero-order chi connectivity index (χ0) is 15.7. The van der Waals surface area contributed by atoms with Crippen LogP contribution in [0.5, 0.6) is 11.5 Å². The van der Waals surface area contributed by atoms with Crippen molar-refractivity contribution >= 4 is 11.6 Å². The second kappa shape index (κ2) is 6.23. The van der Waals surface area contributed by atoms with Crippen LogP contribution < -0.4 is 5.32 Å². The number of phenols is 2. The summed E-state index contributed by atoms with van der Waals surface area (Å²) in [4.78, 5) is 0. The molecule has 22 heavy (non-hydrogen) atoms. The number of methoxy groups -OCH3 is 1. The highest BCUT2D eigenvalue weighted by Gasteiger charge is 2.26. The molecular formula is C17H20ClNO3. The molecule has 2 aliphatic rings. The predicted octanol–water partition coefficient (Wildman–Crippen LogP) is 3.28. The molecule has 1 heterocycles. The van der Waals surface area contributed by atoms with Crippen molar-refractivity contribution in [3.05, 3.63) is 45.7 Å². The molecule has 0 spiro atoms. The monoisotopic (exact) mass is 321 g/mol. The number of halogens is 1. The topological polar surface area (TPSA) is 61.7 Å². The summed E-state index contributed by atoms with van der Waals surface area (Å²) in [6.07, 6.45) is 5.65. The van der Waals surface area contributed by atoms with Gasteiger partial charge in [-0.15, -0.1) is 0 Å². The van der Waals surface area contributed by atoms with E-state index in [1.807, 2.05) is 0 Å². The second-order valence-electron chi connectivity index (χ2n) is 5.78. The van der Waals surface area contributed by atoms with Gasteiger partial charge >= 0.3 is 0 Å². The van der Waals surface area contributed by atoms with E-state index in [4.69, 9.17) is 16.3 Å². The number of nitrogens with one attached hydrogen (secondary N) is 1. The first kappa shape index (κ1) is 15.3. The molecule has 4 nitrogen and oxygen atoms in total. The smallest absolute Gasteiger partial charge is 0.158 e. The minimum absolute atomic E-state index is 0.130. The lowest BCUT2D eigenvalue weighted by Gasteiger charge is -2.32. The zero-order valence-corrected chi connectivity index (χ0v) is 13.3. The third-order valence-corrected chi connectivity index (χ3v) is 4.81. The van der Waals surface area contributed by atoms with Crippen LogP contribution in [0.3, 0.4) is 0 Å². The highest BCUT2D eigenvalue weighted by atomic mass is 35.5. The number of ether oxygens (including phenoxy) is 1. The average molecular weight is 322 g/mol. The molecule has 3 N–H and O–H groups in total. The Morgan fingerprint density at radius 3 is 2.86 bits per heavy atom. The standard InChI is InChI=1S/C17H20ClNO3/c1-22-12-2-3-13-10(6-12)4-5-19-15(13)7-11-8-16(20)17(21)9-14(11)18/h2,8-9,15,19-21H,3-7H2,1H3. The summed E-state index contributed by atoms with van der Waals surface area (Å²) in [6.45, 7) is 0.933. The fourth-order valence-corrected chi connectivity index (χ4v) is 3.48. The van der Waals surface area contributed by atoms with Crippen molar-refractivity contribution < 1.29 is 14.9 Å². The van der Waals surface area contributed by atoms with Crippen molar-refractivity contribution in [1.82, 2.24) is 5.32 Å². The number of hydrogen-bond donors (Lipinski definition) is 3. The van der Waals surface area contributed by atoms with Crippen molar-refractivity contribution in [1.29, 1.82) is 0 Å². The first-order valence-corrected chi connectivity index (χ1v) is 7.84. The van der Waals surface area contributed by atoms with Crippen LogP contribution >= 0.6 is 11.6 Å². The first-order valence-electron chi connectivity index (χ1n) is 7.46. The van der Waals surface area contributed by atoms with Crippen LogP contribution in [-0.2, 0) is 11.2 Å². The first-order chi connectivity index (χ1) is 10.6. The fourth-order valence-electron chi connectivity index (χ4n) is 3.24. The third kappa shape index (κ3) is 2.94. The number of aromatic hydroxyl groups is 2. The maximum absolute atomic E-state index is 9.69. The third-order valence-electron chi connectivity index (χ3n) is 4.46. The summed E-state index contributed by atoms with van der Waals surface area (Å²) in [5, 5.41) is 23.2. The molecule has 1 unspecified atom stereocenters. The van der Waals surface area contributed by atoms with Crippen LogP contribution in [0.2, 0.25) is 5.02 Å². The molecule has 1 aromatic carbocycles. The molecule has 1 atom stereocenters. The fraction of sp³-hybridized carbons (Fsp3) is 0.412. The van der Waals surface area contributed by atoms with Crippen molar-refractivity contribution in [3.8, 4) is 11.5 Å². The molecule has 3 rings (SSSR count). The van der Waals surface area contributed by atoms with Gasteiger partial charge in [0.25, 0.3) is 0 Å². The highest BCUT2D eigenvalue weighted by Crippen LogP contribution is 2.36. The molecule has 1 aliphatic heterocycles. The molecule has 0 radical (unpaired) electrons. The molecule has 0 saturated heterocycles. The van der Waals surface area contributed by atoms with E-state index < -0.39 is 0 Å². The van der Waals surface area contributed by atoms with E-state index in [2.05, 4.69) is 11.4 Å². The van der Waals surface area contributed by atoms with Crippen molar-refractivity contribution in [2.45, 2.75) is 31.7 Å². The van der Waals surface area contributed by atoms with Gasteiger partial charge in [0.1, 0.15) is 0 Å². The molecule has 0 fully saturated rings. The van der Waals surface area contributed by atoms with Crippen molar-refractivity contribution in [2.24, 2.45) is 0 Å². The van der Waals surface area contributed by atoms with Gasteiger partial charge in [0.2, 0.25) is 0 Å². The van der Waals surface area contributed by atoms with Crippen LogP contribution in [0.15, 0.2) is 35.1 Å². The average Bonchev–Trinajstić information content (AvgIpc) is 2.52. The van der Waals surface area contributed by atoms with Gasteiger partial charge < -0.3 is 20.3 Å². The van der Waals surface area contributed by atoms with E-state index in [1.54, 1.807) is 13.2 Å². The van der Waals surface area contributed by atoms with Gasteiger partial charge in [0.05, 0.1) is 12.9 Å². The molecule has 5 heteroatoms. The van der Waals surface area contributed by atoms with Gasteiger partial charge in [-0.2, -0.15) is 0 Å². The van der Waals surface area contributed by atoms with Crippen LogP contribution in [0.25, 0.3) is 0 Å². The van der Waals surface area contributed by atoms with E-state index >= 15 is 0 Å². The Morgan fingerprint density at radius 2 is 2.09 bits per heavy atom. The van der Waals surface area contributed by atoms with E-state index in [0.717, 1.165) is 37.1 Å². The molecule has 0 aromatic heterocycles. The number of rotatable bonds is 3. The Kier molecular flexibility index (Phi) is 4.32. The van der Waals surface area contributed by atoms with E-state index in [9.17, 15) is 10.2 Å². The minimum atomic E-state index is -0.185. The highest BCUT2D eigenvalue weighted by molar-refractivity contribution is 6.31. The van der Waals surface area contributed by atoms with E-state index in [1.165, 1.54) is 17.2 Å². The van der Waals surface area contributed by atoms with Crippen LogP contribution in [0.4, 0.5) is 0 Å². The van der Waals surface area contributed by atoms with E-state index in [0.29, 0.717) is 11.4 Å². The molecule has 0 bridgehead atoms. The summed E-state index contributed by atoms with van der Waals surface area (Å²) in [6, 6.07) is 3.15. The van der Waals surface area contributed by atoms with Gasteiger partial charge in [0, 0.05) is 23.6 Å². The number of hydrogen-bond acceptors (Lipinski definition) is 4. The quantitative estimate of drug-likeness (QED) is 0.590. The normalized spacial score (nSPS) is 21.4. The maximum atomic E-state index is 9.69. The lowest BCUT2D eigenvalue weighted by molar-refractivity contribution is 0.276. The van der Waals surface area contributed by atoms with Gasteiger partial charge in [-0.05, 0) is 49.1 Å². The van der Waals surface area contributed by atoms with Gasteiger partial charge in [0.15, 0.2) is 11.5 Å². The predicted molar refractivity (Wildman–Crippen MR) is 86.2 cm³/mol. The molecule has 1 aliphatic carbocycles. The molecule has 0 amide bonds. The summed E-state index contributed by atoms with van der Waals surface area (Å²) in [5.41, 5.74) is 3.68. The van der Waals surface area contributed by atoms with Crippen molar-refractivity contribution in [2.75, 3.05) is 13.7 Å². The number of benzene rings is 1. The lowest BCUT2D eigenvalue weighted by Crippen LogP contribution is -2.39. The summed E-state index contributed by atoms with van der Waals surface area (Å²) < 4.78 is 5.37. The summed E-state index contributed by atoms with van der Waals surface area (Å²) in [7, 11) is 1.72. The van der Waals surface area contributed by atoms with E-state index in [-0.39, 0.29) is 17.5 Å². The summed E-state index contributed by atoms with van der Waals surface area (Å²) >= 11 is 6.19. The Balaban J connectivity index is 1.82. The molecule has 0 saturated carbocycles. The van der Waals surface area contributed by atoms with Crippen LogP contribution in [0, 0.1) is 0 Å². The van der Waals surface area contributed by atoms with Crippen LogP contribution in [-0.4, -0.2) is 29.9 Å². The maximum Gasteiger partial charge on any atom is 0.158 e. The van der Waals surface area contributed by atoms with Gasteiger partial charge in [-0.3, -0.25) is 0 Å². The largest absolute Gasteiger partial charge is 0.504 e. The Labute approximate surface area is 135 Å². The number of phenolic OH excluding ortho intramolecular Hbond substituents is 2. The Hall–Kier alpha value is -1.65. The zero-order valence-electron chi connectivity index (χ0n) is 12.5. The van der Waals surface area contributed by atoms with Gasteiger partial charge in [-0.1, -0.05) is 17.2 Å². The number of allylic oxidation sites excluding steroid dienone is 2. The Bertz CT molecular complexity index is 652. The molecular weight excluding hydrogens is 302 g/mol. The van der Waals surface area contributed by atoms with Gasteiger partial charge in [-0.25, -0.2) is 0 Å².